The fraction of sp³-hybridized carbons (Fsp3) is 0.964. The largest absolute Gasteiger partial charge is 0.465 e. The van der Waals surface area contributed by atoms with Crippen molar-refractivity contribution < 1.29 is 14.6 Å². The SMILES string of the molecule is CCCCCCCCCCCCCCCC(O)CCCC(=O)OCC(CC)CCCC. The minimum atomic E-state index is -0.256. The Morgan fingerprint density at radius 3 is 1.65 bits per heavy atom. The van der Waals surface area contributed by atoms with Crippen LogP contribution in [0.2, 0.25) is 0 Å². The van der Waals surface area contributed by atoms with Crippen LogP contribution >= 0.6 is 0 Å². The van der Waals surface area contributed by atoms with E-state index in [9.17, 15) is 9.90 Å². The molecule has 0 fully saturated rings. The number of aliphatic hydroxyl groups is 1. The molecule has 0 aliphatic heterocycles. The number of carbonyl (C=O) groups excluding carboxylic acids is 1. The van der Waals surface area contributed by atoms with Gasteiger partial charge < -0.3 is 9.84 Å². The van der Waals surface area contributed by atoms with E-state index >= 15 is 0 Å². The average Bonchev–Trinajstić information content (AvgIpc) is 2.77. The van der Waals surface area contributed by atoms with Crippen molar-refractivity contribution >= 4 is 5.97 Å². The Labute approximate surface area is 195 Å². The van der Waals surface area contributed by atoms with E-state index in [0.717, 1.165) is 38.5 Å². The highest BCUT2D eigenvalue weighted by Crippen LogP contribution is 2.16. The zero-order chi connectivity index (χ0) is 23.0. The number of ether oxygens (including phenoxy) is 1. The first kappa shape index (κ1) is 30.4. The lowest BCUT2D eigenvalue weighted by atomic mass is 10.0. The standard InChI is InChI=1S/C28H56O3/c1-4-7-9-10-11-12-13-14-15-16-17-18-19-22-27(29)23-20-24-28(30)31-25-26(6-3)21-8-5-2/h26-27,29H,4-25H2,1-3H3. The van der Waals surface area contributed by atoms with Crippen LogP contribution in [-0.2, 0) is 9.53 Å². The lowest BCUT2D eigenvalue weighted by molar-refractivity contribution is -0.145. The number of rotatable bonds is 24. The number of aliphatic hydroxyl groups excluding tert-OH is 1. The molecule has 2 atom stereocenters. The van der Waals surface area contributed by atoms with Crippen molar-refractivity contribution in [3.8, 4) is 0 Å². The first-order valence-corrected chi connectivity index (χ1v) is 14.0. The van der Waals surface area contributed by atoms with Crippen molar-refractivity contribution in [3.63, 3.8) is 0 Å². The molecule has 0 spiro atoms. The summed E-state index contributed by atoms with van der Waals surface area (Å²) in [5.41, 5.74) is 0. The second-order valence-electron chi connectivity index (χ2n) is 9.68. The van der Waals surface area contributed by atoms with E-state index in [1.54, 1.807) is 0 Å². The van der Waals surface area contributed by atoms with E-state index in [1.807, 2.05) is 0 Å². The number of carbonyl (C=O) groups is 1. The molecular formula is C28H56O3. The summed E-state index contributed by atoms with van der Waals surface area (Å²) in [6, 6.07) is 0. The number of hydrogen-bond acceptors (Lipinski definition) is 3. The fourth-order valence-electron chi connectivity index (χ4n) is 4.21. The monoisotopic (exact) mass is 440 g/mol. The van der Waals surface area contributed by atoms with Crippen molar-refractivity contribution in [1.29, 1.82) is 0 Å². The third-order valence-electron chi connectivity index (χ3n) is 6.58. The topological polar surface area (TPSA) is 46.5 Å². The minimum absolute atomic E-state index is 0.0943. The predicted octanol–water partition coefficient (Wildman–Crippen LogP) is 8.76. The highest BCUT2D eigenvalue weighted by Gasteiger charge is 2.11. The summed E-state index contributed by atoms with van der Waals surface area (Å²) >= 11 is 0. The molecule has 3 heteroatoms. The summed E-state index contributed by atoms with van der Waals surface area (Å²) < 4.78 is 5.44. The molecule has 0 aromatic rings. The van der Waals surface area contributed by atoms with Gasteiger partial charge in [-0.25, -0.2) is 0 Å². The first-order chi connectivity index (χ1) is 15.1. The Balaban J connectivity index is 3.40. The molecule has 3 nitrogen and oxygen atoms in total. The maximum Gasteiger partial charge on any atom is 0.305 e. The van der Waals surface area contributed by atoms with Crippen LogP contribution in [-0.4, -0.2) is 23.8 Å². The van der Waals surface area contributed by atoms with Gasteiger partial charge in [-0.2, -0.15) is 0 Å². The number of esters is 1. The van der Waals surface area contributed by atoms with Gasteiger partial charge in [-0.05, 0) is 31.6 Å². The molecule has 0 aliphatic rings. The molecule has 0 heterocycles. The van der Waals surface area contributed by atoms with E-state index in [1.165, 1.54) is 89.9 Å². The molecule has 0 amide bonds. The van der Waals surface area contributed by atoms with Gasteiger partial charge in [0.2, 0.25) is 0 Å². The molecular weight excluding hydrogens is 384 g/mol. The molecule has 0 rings (SSSR count). The summed E-state index contributed by atoms with van der Waals surface area (Å²) in [4.78, 5) is 11.9. The van der Waals surface area contributed by atoms with Gasteiger partial charge in [0.1, 0.15) is 0 Å². The lowest BCUT2D eigenvalue weighted by Gasteiger charge is -2.15. The zero-order valence-corrected chi connectivity index (χ0v) is 21.5. The van der Waals surface area contributed by atoms with Crippen LogP contribution in [0.3, 0.4) is 0 Å². The molecule has 31 heavy (non-hydrogen) atoms. The second kappa shape index (κ2) is 24.1. The molecule has 0 aromatic carbocycles. The Bertz CT molecular complexity index is 369. The van der Waals surface area contributed by atoms with E-state index in [4.69, 9.17) is 4.74 Å². The summed E-state index contributed by atoms with van der Waals surface area (Å²) in [7, 11) is 0. The number of hydrogen-bond donors (Lipinski definition) is 1. The molecule has 2 unspecified atom stereocenters. The van der Waals surface area contributed by atoms with Gasteiger partial charge in [0.05, 0.1) is 12.7 Å². The fourth-order valence-corrected chi connectivity index (χ4v) is 4.21. The van der Waals surface area contributed by atoms with Gasteiger partial charge >= 0.3 is 5.97 Å². The van der Waals surface area contributed by atoms with Gasteiger partial charge in [0.25, 0.3) is 0 Å². The molecule has 0 saturated carbocycles. The van der Waals surface area contributed by atoms with E-state index in [-0.39, 0.29) is 12.1 Å². The van der Waals surface area contributed by atoms with Crippen LogP contribution in [0.15, 0.2) is 0 Å². The third kappa shape index (κ3) is 22.4. The smallest absolute Gasteiger partial charge is 0.305 e. The van der Waals surface area contributed by atoms with Crippen LogP contribution in [0.25, 0.3) is 0 Å². The summed E-state index contributed by atoms with van der Waals surface area (Å²) in [5.74, 6) is 0.410. The van der Waals surface area contributed by atoms with Crippen molar-refractivity contribution in [3.05, 3.63) is 0 Å². The van der Waals surface area contributed by atoms with Gasteiger partial charge in [-0.3, -0.25) is 4.79 Å². The molecule has 0 radical (unpaired) electrons. The summed E-state index contributed by atoms with van der Waals surface area (Å²) in [6.07, 6.45) is 24.7. The highest BCUT2D eigenvalue weighted by atomic mass is 16.5. The van der Waals surface area contributed by atoms with Crippen LogP contribution < -0.4 is 0 Å². The van der Waals surface area contributed by atoms with Gasteiger partial charge in [0.15, 0.2) is 0 Å². The third-order valence-corrected chi connectivity index (χ3v) is 6.58. The van der Waals surface area contributed by atoms with Crippen molar-refractivity contribution in [2.24, 2.45) is 5.92 Å². The first-order valence-electron chi connectivity index (χ1n) is 14.0. The van der Waals surface area contributed by atoms with Gasteiger partial charge in [-0.15, -0.1) is 0 Å². The quantitative estimate of drug-likeness (QED) is 0.120. The van der Waals surface area contributed by atoms with Crippen molar-refractivity contribution in [2.45, 2.75) is 162 Å². The van der Waals surface area contributed by atoms with Crippen molar-refractivity contribution in [2.75, 3.05) is 6.61 Å². The maximum atomic E-state index is 11.9. The Morgan fingerprint density at radius 2 is 1.13 bits per heavy atom. The van der Waals surface area contributed by atoms with Crippen LogP contribution in [0.1, 0.15) is 156 Å². The van der Waals surface area contributed by atoms with Gasteiger partial charge in [-0.1, -0.05) is 124 Å². The highest BCUT2D eigenvalue weighted by molar-refractivity contribution is 5.69. The van der Waals surface area contributed by atoms with E-state index < -0.39 is 0 Å². The number of unbranched alkanes of at least 4 members (excludes halogenated alkanes) is 13. The van der Waals surface area contributed by atoms with E-state index in [2.05, 4.69) is 20.8 Å². The molecule has 186 valence electrons. The van der Waals surface area contributed by atoms with E-state index in [0.29, 0.717) is 18.9 Å². The molecule has 0 aromatic heterocycles. The summed E-state index contributed by atoms with van der Waals surface area (Å²) in [5, 5.41) is 10.1. The molecule has 0 bridgehead atoms. The second-order valence-corrected chi connectivity index (χ2v) is 9.68. The van der Waals surface area contributed by atoms with Gasteiger partial charge in [0, 0.05) is 6.42 Å². The zero-order valence-electron chi connectivity index (χ0n) is 21.5. The maximum absolute atomic E-state index is 11.9. The van der Waals surface area contributed by atoms with Crippen molar-refractivity contribution in [1.82, 2.24) is 0 Å². The lowest BCUT2D eigenvalue weighted by Crippen LogP contribution is -2.14. The average molecular weight is 441 g/mol. The Kier molecular flexibility index (Phi) is 23.6. The predicted molar refractivity (Wildman–Crippen MR) is 134 cm³/mol. The van der Waals surface area contributed by atoms with Crippen LogP contribution in [0.5, 0.6) is 0 Å². The Hall–Kier alpha value is -0.570. The minimum Gasteiger partial charge on any atom is -0.465 e. The van der Waals surface area contributed by atoms with Crippen LogP contribution in [0, 0.1) is 5.92 Å². The summed E-state index contributed by atoms with van der Waals surface area (Å²) in [6.45, 7) is 7.21. The molecule has 0 aliphatic carbocycles. The normalized spacial score (nSPS) is 13.3. The molecule has 0 saturated heterocycles. The molecule has 1 N–H and O–H groups in total. The Morgan fingerprint density at radius 1 is 0.645 bits per heavy atom. The van der Waals surface area contributed by atoms with Crippen LogP contribution in [0.4, 0.5) is 0 Å².